The van der Waals surface area contributed by atoms with E-state index in [1.807, 2.05) is 5.06 Å². The highest BCUT2D eigenvalue weighted by atomic mass is 16.7. The van der Waals surface area contributed by atoms with Gasteiger partial charge in [0, 0.05) is 13.1 Å². The third kappa shape index (κ3) is 4.43. The second-order valence-corrected chi connectivity index (χ2v) is 2.06. The summed E-state index contributed by atoms with van der Waals surface area (Å²) in [4.78, 5) is 5.03. The molecule has 0 aliphatic heterocycles. The molecule has 0 amide bonds. The average molecular weight is 131 g/mol. The molecule has 0 radical (unpaired) electrons. The third-order valence-electron chi connectivity index (χ3n) is 1.37. The van der Waals surface area contributed by atoms with Crippen molar-refractivity contribution < 1.29 is 4.84 Å². The van der Waals surface area contributed by atoms with Gasteiger partial charge in [-0.1, -0.05) is 20.3 Å². The van der Waals surface area contributed by atoms with Crippen LogP contribution in [0.5, 0.6) is 0 Å². The first-order valence-corrected chi connectivity index (χ1v) is 3.64. The van der Waals surface area contributed by atoms with Crippen LogP contribution in [0.4, 0.5) is 0 Å². The maximum Gasteiger partial charge on any atom is 0.0575 e. The normalized spacial score (nSPS) is 10.7. The fourth-order valence-corrected chi connectivity index (χ4v) is 0.713. The first kappa shape index (κ1) is 8.92. The predicted octanol–water partition coefficient (Wildman–Crippen LogP) is 1.67. The van der Waals surface area contributed by atoms with Crippen LogP contribution in [0.2, 0.25) is 0 Å². The van der Waals surface area contributed by atoms with Gasteiger partial charge in [-0.25, -0.2) is 0 Å². The van der Waals surface area contributed by atoms with E-state index in [1.54, 1.807) is 7.11 Å². The van der Waals surface area contributed by atoms with Crippen LogP contribution in [-0.2, 0) is 4.84 Å². The smallest absolute Gasteiger partial charge is 0.0575 e. The topological polar surface area (TPSA) is 12.5 Å². The second-order valence-electron chi connectivity index (χ2n) is 2.06. The molecule has 2 nitrogen and oxygen atoms in total. The van der Waals surface area contributed by atoms with Gasteiger partial charge in [0.15, 0.2) is 0 Å². The molecule has 0 saturated heterocycles. The van der Waals surface area contributed by atoms with Crippen LogP contribution < -0.4 is 0 Å². The number of rotatable bonds is 5. The van der Waals surface area contributed by atoms with Gasteiger partial charge in [0.1, 0.15) is 0 Å². The van der Waals surface area contributed by atoms with Crippen LogP contribution in [0.15, 0.2) is 0 Å². The van der Waals surface area contributed by atoms with Crippen LogP contribution in [0, 0.1) is 0 Å². The number of hydrogen-bond donors (Lipinski definition) is 0. The van der Waals surface area contributed by atoms with Gasteiger partial charge in [0.25, 0.3) is 0 Å². The molecule has 0 aromatic heterocycles. The molecule has 0 rings (SSSR count). The van der Waals surface area contributed by atoms with E-state index in [-0.39, 0.29) is 0 Å². The van der Waals surface area contributed by atoms with Crippen molar-refractivity contribution in [2.75, 3.05) is 20.2 Å². The van der Waals surface area contributed by atoms with Gasteiger partial charge in [-0.3, -0.25) is 0 Å². The molecule has 2 heteroatoms. The Labute approximate surface area is 57.8 Å². The summed E-state index contributed by atoms with van der Waals surface area (Å²) in [6.07, 6.45) is 2.46. The van der Waals surface area contributed by atoms with Gasteiger partial charge < -0.3 is 4.84 Å². The molecule has 0 aromatic carbocycles. The molecule has 0 unspecified atom stereocenters. The van der Waals surface area contributed by atoms with E-state index in [2.05, 4.69) is 13.8 Å². The molecule has 0 N–H and O–H groups in total. The fraction of sp³-hybridized carbons (Fsp3) is 1.00. The third-order valence-corrected chi connectivity index (χ3v) is 1.37. The molecular formula is C7H17NO. The van der Waals surface area contributed by atoms with E-state index in [0.29, 0.717) is 0 Å². The minimum Gasteiger partial charge on any atom is -0.302 e. The lowest BCUT2D eigenvalue weighted by molar-refractivity contribution is -0.127. The maximum atomic E-state index is 5.03. The van der Waals surface area contributed by atoms with Gasteiger partial charge in [0.2, 0.25) is 0 Å². The highest BCUT2D eigenvalue weighted by Crippen LogP contribution is 1.92. The van der Waals surface area contributed by atoms with E-state index >= 15 is 0 Å². The molecule has 0 aliphatic carbocycles. The van der Waals surface area contributed by atoms with Gasteiger partial charge in [-0.15, -0.1) is 0 Å². The van der Waals surface area contributed by atoms with Crippen LogP contribution in [-0.4, -0.2) is 25.3 Å². The van der Waals surface area contributed by atoms with Crippen molar-refractivity contribution in [3.63, 3.8) is 0 Å². The molecule has 0 aromatic rings. The zero-order valence-corrected chi connectivity index (χ0v) is 6.68. The van der Waals surface area contributed by atoms with Crippen molar-refractivity contribution in [1.82, 2.24) is 5.06 Å². The molecular weight excluding hydrogens is 114 g/mol. The number of hydrogen-bond acceptors (Lipinski definition) is 2. The zero-order chi connectivity index (χ0) is 7.11. The zero-order valence-electron chi connectivity index (χ0n) is 6.68. The Morgan fingerprint density at radius 1 is 1.33 bits per heavy atom. The van der Waals surface area contributed by atoms with E-state index in [4.69, 9.17) is 4.84 Å². The van der Waals surface area contributed by atoms with Gasteiger partial charge in [-0.05, 0) is 6.42 Å². The standard InChI is InChI=1S/C7H17NO/c1-4-6-7-8(5-2)9-3/h4-7H2,1-3H3. The Hall–Kier alpha value is -0.0800. The van der Waals surface area contributed by atoms with Crippen molar-refractivity contribution in [1.29, 1.82) is 0 Å². The van der Waals surface area contributed by atoms with Crippen molar-refractivity contribution in [3.05, 3.63) is 0 Å². The molecule has 0 spiro atoms. The largest absolute Gasteiger partial charge is 0.302 e. The van der Waals surface area contributed by atoms with E-state index in [1.165, 1.54) is 12.8 Å². The quantitative estimate of drug-likeness (QED) is 0.526. The minimum atomic E-state index is 0.983. The molecule has 0 fully saturated rings. The van der Waals surface area contributed by atoms with E-state index in [0.717, 1.165) is 13.1 Å². The van der Waals surface area contributed by atoms with E-state index in [9.17, 15) is 0 Å². The van der Waals surface area contributed by atoms with Crippen molar-refractivity contribution in [3.8, 4) is 0 Å². The molecule has 0 aliphatic rings. The summed E-state index contributed by atoms with van der Waals surface area (Å²) >= 11 is 0. The average Bonchev–Trinajstić information content (AvgIpc) is 1.91. The summed E-state index contributed by atoms with van der Waals surface area (Å²) in [5, 5.41) is 1.96. The SMILES string of the molecule is CCCCN(CC)OC. The second kappa shape index (κ2) is 6.05. The summed E-state index contributed by atoms with van der Waals surface area (Å²) < 4.78 is 0. The fourth-order valence-electron chi connectivity index (χ4n) is 0.713. The number of unbranched alkanes of at least 4 members (excludes halogenated alkanes) is 1. The van der Waals surface area contributed by atoms with E-state index < -0.39 is 0 Å². The lowest BCUT2D eigenvalue weighted by atomic mass is 10.3. The highest BCUT2D eigenvalue weighted by Gasteiger charge is 1.95. The molecule has 56 valence electrons. The van der Waals surface area contributed by atoms with Gasteiger partial charge in [-0.2, -0.15) is 5.06 Å². The Balaban J connectivity index is 3.09. The lowest BCUT2D eigenvalue weighted by Gasteiger charge is -2.15. The Morgan fingerprint density at radius 3 is 2.33 bits per heavy atom. The Kier molecular flexibility index (Phi) is 5.99. The molecule has 9 heavy (non-hydrogen) atoms. The predicted molar refractivity (Wildman–Crippen MR) is 39.2 cm³/mol. The first-order valence-electron chi connectivity index (χ1n) is 3.64. The Morgan fingerprint density at radius 2 is 2.00 bits per heavy atom. The maximum absolute atomic E-state index is 5.03. The summed E-state index contributed by atoms with van der Waals surface area (Å²) in [7, 11) is 1.72. The van der Waals surface area contributed by atoms with Crippen molar-refractivity contribution >= 4 is 0 Å². The lowest BCUT2D eigenvalue weighted by Crippen LogP contribution is -2.22. The summed E-state index contributed by atoms with van der Waals surface area (Å²) in [6.45, 7) is 6.32. The number of hydroxylamine groups is 2. The van der Waals surface area contributed by atoms with Crippen molar-refractivity contribution in [2.24, 2.45) is 0 Å². The summed E-state index contributed by atoms with van der Waals surface area (Å²) in [6, 6.07) is 0. The molecule has 0 atom stereocenters. The molecule has 0 bridgehead atoms. The van der Waals surface area contributed by atoms with Crippen LogP contribution >= 0.6 is 0 Å². The van der Waals surface area contributed by atoms with Crippen LogP contribution in [0.1, 0.15) is 26.7 Å². The number of nitrogens with zero attached hydrogens (tertiary/aromatic N) is 1. The van der Waals surface area contributed by atoms with Crippen LogP contribution in [0.3, 0.4) is 0 Å². The summed E-state index contributed by atoms with van der Waals surface area (Å²) in [5.41, 5.74) is 0. The van der Waals surface area contributed by atoms with Gasteiger partial charge in [0.05, 0.1) is 7.11 Å². The van der Waals surface area contributed by atoms with Gasteiger partial charge >= 0.3 is 0 Å². The Bertz CT molecular complexity index is 52.9. The molecule has 0 heterocycles. The highest BCUT2D eigenvalue weighted by molar-refractivity contribution is 4.40. The first-order chi connectivity index (χ1) is 4.35. The summed E-state index contributed by atoms with van der Waals surface area (Å²) in [5.74, 6) is 0. The van der Waals surface area contributed by atoms with Crippen molar-refractivity contribution in [2.45, 2.75) is 26.7 Å². The minimum absolute atomic E-state index is 0.983. The monoisotopic (exact) mass is 131 g/mol. The molecule has 0 saturated carbocycles. The van der Waals surface area contributed by atoms with Crippen LogP contribution in [0.25, 0.3) is 0 Å².